The Labute approximate surface area is 114 Å². The molecule has 4 heteroatoms. The van der Waals surface area contributed by atoms with Gasteiger partial charge in [-0.2, -0.15) is 0 Å². The molecule has 0 spiro atoms. The van der Waals surface area contributed by atoms with E-state index in [1.165, 1.54) is 5.56 Å². The number of benzene rings is 1. The van der Waals surface area contributed by atoms with Crippen molar-refractivity contribution >= 4 is 5.97 Å². The first kappa shape index (κ1) is 15.5. The molecule has 0 aromatic heterocycles. The second-order valence-electron chi connectivity index (χ2n) is 5.72. The first-order chi connectivity index (χ1) is 8.75. The van der Waals surface area contributed by atoms with E-state index in [0.717, 1.165) is 11.3 Å². The van der Waals surface area contributed by atoms with Crippen LogP contribution >= 0.6 is 0 Å². The zero-order chi connectivity index (χ0) is 14.6. The molecule has 1 rings (SSSR count). The van der Waals surface area contributed by atoms with Gasteiger partial charge in [0.1, 0.15) is 18.4 Å². The highest BCUT2D eigenvalue weighted by molar-refractivity contribution is 5.73. The summed E-state index contributed by atoms with van der Waals surface area (Å²) in [6.45, 7) is 8.55. The number of carboxylic acid groups (broad SMARTS) is 1. The molecule has 1 unspecified atom stereocenters. The van der Waals surface area contributed by atoms with E-state index in [2.05, 4.69) is 32.2 Å². The van der Waals surface area contributed by atoms with Gasteiger partial charge in [0.25, 0.3) is 0 Å². The molecule has 0 heterocycles. The van der Waals surface area contributed by atoms with E-state index in [-0.39, 0.29) is 12.0 Å². The number of carboxylic acids is 1. The molecule has 0 fully saturated rings. The Bertz CT molecular complexity index is 449. The van der Waals surface area contributed by atoms with Crippen LogP contribution in [-0.2, 0) is 10.2 Å². The standard InChI is InChI=1S/C15H23NO3/c1-10-8-11(15(2,3)4)6-7-13(10)19-9-12(16-5)14(17)18/h6-8,12,16H,9H2,1-5H3,(H,17,18). The van der Waals surface area contributed by atoms with E-state index in [1.807, 2.05) is 19.1 Å². The van der Waals surface area contributed by atoms with Crippen LogP contribution in [-0.4, -0.2) is 30.8 Å². The number of hydrogen-bond donors (Lipinski definition) is 2. The van der Waals surface area contributed by atoms with Gasteiger partial charge in [-0.05, 0) is 36.6 Å². The largest absolute Gasteiger partial charge is 0.491 e. The van der Waals surface area contributed by atoms with Crippen molar-refractivity contribution in [3.63, 3.8) is 0 Å². The summed E-state index contributed by atoms with van der Waals surface area (Å²) in [6.07, 6.45) is 0. The lowest BCUT2D eigenvalue weighted by atomic mass is 9.86. The summed E-state index contributed by atoms with van der Waals surface area (Å²) >= 11 is 0. The maximum Gasteiger partial charge on any atom is 0.324 e. The van der Waals surface area contributed by atoms with Crippen LogP contribution in [0.15, 0.2) is 18.2 Å². The van der Waals surface area contributed by atoms with E-state index in [0.29, 0.717) is 0 Å². The maximum atomic E-state index is 10.9. The molecule has 1 aromatic rings. The fourth-order valence-corrected chi connectivity index (χ4v) is 1.73. The van der Waals surface area contributed by atoms with Gasteiger partial charge in [0.2, 0.25) is 0 Å². The fraction of sp³-hybridized carbons (Fsp3) is 0.533. The van der Waals surface area contributed by atoms with Crippen LogP contribution in [0.4, 0.5) is 0 Å². The molecule has 0 saturated carbocycles. The molecule has 0 amide bonds. The second kappa shape index (κ2) is 6.06. The molecule has 1 atom stereocenters. The van der Waals surface area contributed by atoms with Gasteiger partial charge in [-0.25, -0.2) is 0 Å². The monoisotopic (exact) mass is 265 g/mol. The van der Waals surface area contributed by atoms with Crippen molar-refractivity contribution in [3.05, 3.63) is 29.3 Å². The van der Waals surface area contributed by atoms with Gasteiger partial charge in [0.05, 0.1) is 0 Å². The van der Waals surface area contributed by atoms with E-state index < -0.39 is 12.0 Å². The molecule has 0 bridgehead atoms. The van der Waals surface area contributed by atoms with Crippen LogP contribution in [0.5, 0.6) is 5.75 Å². The summed E-state index contributed by atoms with van der Waals surface area (Å²) in [5.74, 6) is -0.180. The van der Waals surface area contributed by atoms with Gasteiger partial charge in [-0.1, -0.05) is 32.9 Å². The van der Waals surface area contributed by atoms with Crippen molar-refractivity contribution in [1.82, 2.24) is 5.32 Å². The number of aryl methyl sites for hydroxylation is 1. The third-order valence-electron chi connectivity index (χ3n) is 3.09. The summed E-state index contributed by atoms with van der Waals surface area (Å²) in [6, 6.07) is 5.33. The normalized spacial score (nSPS) is 13.1. The molecule has 0 radical (unpaired) electrons. The van der Waals surface area contributed by atoms with Crippen molar-refractivity contribution in [3.8, 4) is 5.75 Å². The topological polar surface area (TPSA) is 58.6 Å². The number of likely N-dealkylation sites (N-methyl/N-ethyl adjacent to an activating group) is 1. The van der Waals surface area contributed by atoms with Crippen LogP contribution in [0.3, 0.4) is 0 Å². The average Bonchev–Trinajstić information content (AvgIpc) is 2.29. The van der Waals surface area contributed by atoms with E-state index in [4.69, 9.17) is 9.84 Å². The zero-order valence-corrected chi connectivity index (χ0v) is 12.3. The fourth-order valence-electron chi connectivity index (χ4n) is 1.73. The summed E-state index contributed by atoms with van der Waals surface area (Å²) in [7, 11) is 1.61. The predicted octanol–water partition coefficient (Wildman–Crippen LogP) is 2.34. The molecule has 0 saturated heterocycles. The molecule has 4 nitrogen and oxygen atoms in total. The molecule has 0 aliphatic heterocycles. The quantitative estimate of drug-likeness (QED) is 0.858. The SMILES string of the molecule is CNC(COc1ccc(C(C)(C)C)cc1C)C(=O)O. The number of ether oxygens (including phenoxy) is 1. The van der Waals surface area contributed by atoms with Crippen LogP contribution in [0.1, 0.15) is 31.9 Å². The molecule has 19 heavy (non-hydrogen) atoms. The van der Waals surface area contributed by atoms with E-state index >= 15 is 0 Å². The number of rotatable bonds is 5. The van der Waals surface area contributed by atoms with Crippen molar-refractivity contribution in [2.24, 2.45) is 0 Å². The lowest BCUT2D eigenvalue weighted by Gasteiger charge is -2.21. The Kier molecular flexibility index (Phi) is 4.95. The van der Waals surface area contributed by atoms with Crippen LogP contribution in [0.25, 0.3) is 0 Å². The summed E-state index contributed by atoms with van der Waals surface area (Å²) < 4.78 is 5.58. The third kappa shape index (κ3) is 4.24. The summed E-state index contributed by atoms with van der Waals surface area (Å²) in [5, 5.41) is 11.6. The third-order valence-corrected chi connectivity index (χ3v) is 3.09. The minimum absolute atomic E-state index is 0.0951. The molecule has 106 valence electrons. The van der Waals surface area contributed by atoms with Crippen molar-refractivity contribution in [2.45, 2.75) is 39.2 Å². The summed E-state index contributed by atoms with van der Waals surface area (Å²) in [4.78, 5) is 10.9. The minimum atomic E-state index is -0.911. The lowest BCUT2D eigenvalue weighted by Crippen LogP contribution is -2.39. The van der Waals surface area contributed by atoms with Crippen molar-refractivity contribution in [1.29, 1.82) is 0 Å². The first-order valence-electron chi connectivity index (χ1n) is 6.39. The van der Waals surface area contributed by atoms with Gasteiger partial charge in [-0.3, -0.25) is 4.79 Å². The number of nitrogens with one attached hydrogen (secondary N) is 1. The number of carbonyl (C=O) groups is 1. The second-order valence-corrected chi connectivity index (χ2v) is 5.72. The van der Waals surface area contributed by atoms with E-state index in [9.17, 15) is 4.79 Å². The lowest BCUT2D eigenvalue weighted by molar-refractivity contribution is -0.140. The van der Waals surface area contributed by atoms with Gasteiger partial charge < -0.3 is 15.2 Å². The van der Waals surface area contributed by atoms with Gasteiger partial charge in [0.15, 0.2) is 0 Å². The van der Waals surface area contributed by atoms with Crippen LogP contribution in [0.2, 0.25) is 0 Å². The maximum absolute atomic E-state index is 10.9. The molecule has 0 aliphatic carbocycles. The highest BCUT2D eigenvalue weighted by Gasteiger charge is 2.17. The molecule has 0 aliphatic rings. The average molecular weight is 265 g/mol. The molecule has 2 N–H and O–H groups in total. The Morgan fingerprint density at radius 2 is 2.05 bits per heavy atom. The smallest absolute Gasteiger partial charge is 0.324 e. The first-order valence-corrected chi connectivity index (χ1v) is 6.39. The Morgan fingerprint density at radius 3 is 2.47 bits per heavy atom. The Hall–Kier alpha value is -1.55. The Balaban J connectivity index is 2.78. The van der Waals surface area contributed by atoms with Crippen LogP contribution in [0, 0.1) is 6.92 Å². The van der Waals surface area contributed by atoms with Crippen molar-refractivity contribution < 1.29 is 14.6 Å². The Morgan fingerprint density at radius 1 is 1.42 bits per heavy atom. The van der Waals surface area contributed by atoms with Gasteiger partial charge in [0, 0.05) is 0 Å². The number of hydrogen-bond acceptors (Lipinski definition) is 3. The summed E-state index contributed by atoms with van der Waals surface area (Å²) in [5.41, 5.74) is 2.35. The predicted molar refractivity (Wildman–Crippen MR) is 75.9 cm³/mol. The highest BCUT2D eigenvalue weighted by Crippen LogP contribution is 2.27. The molecule has 1 aromatic carbocycles. The minimum Gasteiger partial charge on any atom is -0.491 e. The number of aliphatic carboxylic acids is 1. The molecular weight excluding hydrogens is 242 g/mol. The highest BCUT2D eigenvalue weighted by atomic mass is 16.5. The van der Waals surface area contributed by atoms with Gasteiger partial charge in [-0.15, -0.1) is 0 Å². The van der Waals surface area contributed by atoms with Gasteiger partial charge >= 0.3 is 5.97 Å². The molecular formula is C15H23NO3. The van der Waals surface area contributed by atoms with Crippen molar-refractivity contribution in [2.75, 3.05) is 13.7 Å². The van der Waals surface area contributed by atoms with Crippen LogP contribution < -0.4 is 10.1 Å². The zero-order valence-electron chi connectivity index (χ0n) is 12.3. The van der Waals surface area contributed by atoms with E-state index in [1.54, 1.807) is 7.05 Å².